The van der Waals surface area contributed by atoms with Crippen LogP contribution in [0.25, 0.3) is 10.9 Å². The second-order valence-corrected chi connectivity index (χ2v) is 10.6. The lowest BCUT2D eigenvalue weighted by atomic mass is 10.1. The molecule has 0 bridgehead atoms. The number of ether oxygens (including phenoxy) is 3. The molecule has 0 radical (unpaired) electrons. The molecule has 1 unspecified atom stereocenters. The van der Waals surface area contributed by atoms with Gasteiger partial charge in [-0.15, -0.1) is 0 Å². The summed E-state index contributed by atoms with van der Waals surface area (Å²) in [4.78, 5) is 18.9. The monoisotopic (exact) mass is 604 g/mol. The molecular weight excluding hydrogens is 571 g/mol. The van der Waals surface area contributed by atoms with Crippen LogP contribution in [0.15, 0.2) is 72.9 Å². The molecule has 0 saturated carbocycles. The van der Waals surface area contributed by atoms with Gasteiger partial charge in [0.25, 0.3) is 0 Å². The summed E-state index contributed by atoms with van der Waals surface area (Å²) in [7, 11) is 1.52. The number of aromatic nitrogens is 1. The Bertz CT molecular complexity index is 1580. The van der Waals surface area contributed by atoms with Gasteiger partial charge in [0.15, 0.2) is 28.2 Å². The second kappa shape index (κ2) is 14.2. The minimum Gasteiger partial charge on any atom is -0.493 e. The van der Waals surface area contributed by atoms with E-state index in [1.54, 1.807) is 30.5 Å². The number of benzene rings is 3. The summed E-state index contributed by atoms with van der Waals surface area (Å²) in [6, 6.07) is 18.6. The summed E-state index contributed by atoms with van der Waals surface area (Å²) < 4.78 is 32.5. The highest BCUT2D eigenvalue weighted by molar-refractivity contribution is 7.80. The van der Waals surface area contributed by atoms with Crippen molar-refractivity contribution in [1.29, 1.82) is 0 Å². The first-order valence-electron chi connectivity index (χ1n) is 14.0. The topological polar surface area (TPSA) is 105 Å². The number of hydrogen-bond donors (Lipinski definition) is 3. The third-order valence-corrected chi connectivity index (χ3v) is 7.16. The maximum absolute atomic E-state index is 15.1. The van der Waals surface area contributed by atoms with E-state index in [0.29, 0.717) is 40.4 Å². The molecule has 1 fully saturated rings. The van der Waals surface area contributed by atoms with E-state index in [1.165, 1.54) is 19.2 Å². The Morgan fingerprint density at radius 3 is 2.58 bits per heavy atom. The molecule has 9 nitrogen and oxygen atoms in total. The highest BCUT2D eigenvalue weighted by Crippen LogP contribution is 2.38. The molecule has 0 spiro atoms. The quantitative estimate of drug-likeness (QED) is 0.203. The number of nitrogens with one attached hydrogen (secondary N) is 2. The number of amides is 1. The highest BCUT2D eigenvalue weighted by Gasteiger charge is 2.18. The van der Waals surface area contributed by atoms with Crippen LogP contribution in [0.5, 0.6) is 23.0 Å². The molecule has 43 heavy (non-hydrogen) atoms. The van der Waals surface area contributed by atoms with E-state index in [-0.39, 0.29) is 29.8 Å². The zero-order chi connectivity index (χ0) is 30.2. The Labute approximate surface area is 254 Å². The van der Waals surface area contributed by atoms with Crippen LogP contribution in [0.1, 0.15) is 18.4 Å². The Morgan fingerprint density at radius 2 is 1.84 bits per heavy atom. The molecule has 3 N–H and O–H groups in total. The van der Waals surface area contributed by atoms with Crippen molar-refractivity contribution in [3.8, 4) is 23.0 Å². The van der Waals surface area contributed by atoms with Gasteiger partial charge in [-0.1, -0.05) is 30.3 Å². The van der Waals surface area contributed by atoms with Gasteiger partial charge < -0.3 is 34.9 Å². The summed E-state index contributed by atoms with van der Waals surface area (Å²) in [6.07, 6.45) is 3.39. The van der Waals surface area contributed by atoms with Crippen LogP contribution in [0.4, 0.5) is 10.1 Å². The summed E-state index contributed by atoms with van der Waals surface area (Å²) in [5.41, 5.74) is 1.76. The van der Waals surface area contributed by atoms with Gasteiger partial charge in [0, 0.05) is 35.9 Å². The average molecular weight is 605 g/mol. The smallest absolute Gasteiger partial charge is 0.230 e. The summed E-state index contributed by atoms with van der Waals surface area (Å²) in [5.74, 6) is 0.312. The van der Waals surface area contributed by atoms with Crippen molar-refractivity contribution in [3.63, 3.8) is 0 Å². The largest absolute Gasteiger partial charge is 0.493 e. The standard InChI is InChI=1S/C32H33FN4O5S/c1-40-29-17-24-26(18-30(29)41-20-23(38)19-37-13-5-6-14-37)34-12-11-27(24)42-28-10-9-22(16-25(28)33)35-32(43)36-31(39)15-21-7-3-2-4-8-21/h2-4,7-12,16-18,23,38H,5-6,13-15,19-20H2,1H3,(H2,35,36,39,43). The molecule has 1 saturated heterocycles. The maximum Gasteiger partial charge on any atom is 0.230 e. The van der Waals surface area contributed by atoms with E-state index in [4.69, 9.17) is 26.4 Å². The van der Waals surface area contributed by atoms with Gasteiger partial charge in [-0.2, -0.15) is 0 Å². The number of rotatable bonds is 11. The third kappa shape index (κ3) is 8.16. The van der Waals surface area contributed by atoms with E-state index in [1.807, 2.05) is 30.3 Å². The Morgan fingerprint density at radius 1 is 1.05 bits per heavy atom. The molecular formula is C32H33FN4O5S. The van der Waals surface area contributed by atoms with Gasteiger partial charge in [-0.05, 0) is 68.0 Å². The van der Waals surface area contributed by atoms with E-state index in [9.17, 15) is 9.90 Å². The van der Waals surface area contributed by atoms with Crippen molar-refractivity contribution < 1.29 is 28.5 Å². The van der Waals surface area contributed by atoms with Crippen molar-refractivity contribution in [3.05, 3.63) is 84.3 Å². The number of thiocarbonyl (C=S) groups is 1. The number of hydrogen-bond acceptors (Lipinski definition) is 8. The minimum atomic E-state index is -0.638. The van der Waals surface area contributed by atoms with Crippen molar-refractivity contribution >= 4 is 39.8 Å². The number of carbonyl (C=O) groups is 1. The second-order valence-electron chi connectivity index (χ2n) is 10.2. The lowest BCUT2D eigenvalue weighted by Crippen LogP contribution is -2.35. The van der Waals surface area contributed by atoms with Gasteiger partial charge in [-0.3, -0.25) is 9.78 Å². The van der Waals surface area contributed by atoms with Crippen LogP contribution in [-0.4, -0.2) is 65.5 Å². The fourth-order valence-corrected chi connectivity index (χ4v) is 5.12. The molecule has 0 aliphatic carbocycles. The molecule has 1 atom stereocenters. The van der Waals surface area contributed by atoms with Crippen molar-refractivity contribution in [2.75, 3.05) is 38.7 Å². The van der Waals surface area contributed by atoms with Crippen LogP contribution in [0.3, 0.4) is 0 Å². The number of pyridine rings is 1. The van der Waals surface area contributed by atoms with Gasteiger partial charge in [-0.25, -0.2) is 4.39 Å². The first kappa shape index (κ1) is 30.1. The van der Waals surface area contributed by atoms with Crippen LogP contribution < -0.4 is 24.8 Å². The molecule has 2 heterocycles. The number of β-amino-alcohol motifs (C(OH)–C–C–N with tert-alkyl or cyclic N) is 1. The Balaban J connectivity index is 1.23. The zero-order valence-electron chi connectivity index (χ0n) is 23.7. The lowest BCUT2D eigenvalue weighted by molar-refractivity contribution is -0.119. The van der Waals surface area contributed by atoms with Gasteiger partial charge in [0.1, 0.15) is 18.5 Å². The zero-order valence-corrected chi connectivity index (χ0v) is 24.5. The summed E-state index contributed by atoms with van der Waals surface area (Å²) in [5, 5.41) is 16.5. The SMILES string of the molecule is COc1cc2c(Oc3ccc(NC(=S)NC(=O)Cc4ccccc4)cc3F)ccnc2cc1OCC(O)CN1CCCC1. The predicted octanol–water partition coefficient (Wildman–Crippen LogP) is 5.07. The normalized spacial score (nSPS) is 13.8. The number of aliphatic hydroxyl groups is 1. The molecule has 11 heteroatoms. The molecule has 1 aliphatic heterocycles. The minimum absolute atomic E-state index is 0.0126. The fraction of sp³-hybridized carbons (Fsp3) is 0.281. The molecule has 4 aromatic rings. The van der Waals surface area contributed by atoms with E-state index in [0.717, 1.165) is 31.5 Å². The lowest BCUT2D eigenvalue weighted by Gasteiger charge is -2.20. The molecule has 1 aliphatic rings. The first-order chi connectivity index (χ1) is 20.9. The number of fused-ring (bicyclic) bond motifs is 1. The van der Waals surface area contributed by atoms with Crippen LogP contribution in [0, 0.1) is 5.82 Å². The number of likely N-dealkylation sites (tertiary alicyclic amines) is 1. The van der Waals surface area contributed by atoms with E-state index >= 15 is 4.39 Å². The average Bonchev–Trinajstić information content (AvgIpc) is 3.50. The van der Waals surface area contributed by atoms with Crippen LogP contribution in [-0.2, 0) is 11.2 Å². The van der Waals surface area contributed by atoms with Crippen LogP contribution in [0.2, 0.25) is 0 Å². The molecule has 3 aromatic carbocycles. The molecule has 1 amide bonds. The van der Waals surface area contributed by atoms with Crippen LogP contribution >= 0.6 is 12.2 Å². The maximum atomic E-state index is 15.1. The Kier molecular flexibility index (Phi) is 9.98. The van der Waals surface area contributed by atoms with Gasteiger partial charge in [0.2, 0.25) is 5.91 Å². The Hall–Kier alpha value is -4.32. The summed E-state index contributed by atoms with van der Waals surface area (Å²) >= 11 is 5.22. The van der Waals surface area contributed by atoms with Gasteiger partial charge >= 0.3 is 0 Å². The number of methoxy groups -OCH3 is 1. The number of aliphatic hydroxyl groups excluding tert-OH is 1. The first-order valence-corrected chi connectivity index (χ1v) is 14.4. The molecule has 1 aromatic heterocycles. The van der Waals surface area contributed by atoms with Crippen molar-refractivity contribution in [1.82, 2.24) is 15.2 Å². The molecule has 5 rings (SSSR count). The number of halogens is 1. The van der Waals surface area contributed by atoms with Gasteiger partial charge in [0.05, 0.1) is 19.0 Å². The number of nitrogens with zero attached hydrogens (tertiary/aromatic N) is 2. The highest BCUT2D eigenvalue weighted by atomic mass is 32.1. The van der Waals surface area contributed by atoms with Crippen molar-refractivity contribution in [2.45, 2.75) is 25.4 Å². The van der Waals surface area contributed by atoms with E-state index < -0.39 is 11.9 Å². The number of anilines is 1. The van der Waals surface area contributed by atoms with E-state index in [2.05, 4.69) is 20.5 Å². The summed E-state index contributed by atoms with van der Waals surface area (Å²) in [6.45, 7) is 2.65. The van der Waals surface area contributed by atoms with Crippen molar-refractivity contribution in [2.24, 2.45) is 0 Å². The number of carbonyl (C=O) groups excluding carboxylic acids is 1. The fourth-order valence-electron chi connectivity index (χ4n) is 4.89. The predicted molar refractivity (Wildman–Crippen MR) is 166 cm³/mol. The molecule has 224 valence electrons. The third-order valence-electron chi connectivity index (χ3n) is 6.96.